The van der Waals surface area contributed by atoms with Crippen molar-refractivity contribution in [1.29, 1.82) is 0 Å². The van der Waals surface area contributed by atoms with Crippen molar-refractivity contribution in [3.05, 3.63) is 54.1 Å². The number of nitrogens with one attached hydrogen (secondary N) is 2. The van der Waals surface area contributed by atoms with Crippen molar-refractivity contribution in [1.82, 2.24) is 4.90 Å². The number of ether oxygens (including phenoxy) is 1. The minimum Gasteiger partial charge on any atom is -0.495 e. The first-order valence-electron chi connectivity index (χ1n) is 9.71. The standard InChI is InChI=1S/C22H28N4O2.HI/c1-17(27)24-20-15-18(11-12-21(20)28-2)16-23-22(26-13-7-4-8-14-26)25-19-9-5-3-6-10-19;/h3,5-6,9-12,15H,4,7-8,13-14,16H2,1-2H3,(H,23,25)(H,24,27);1H. The van der Waals surface area contributed by atoms with Crippen LogP contribution in [0.3, 0.4) is 0 Å². The van der Waals surface area contributed by atoms with Gasteiger partial charge >= 0.3 is 0 Å². The smallest absolute Gasteiger partial charge is 0.221 e. The highest BCUT2D eigenvalue weighted by molar-refractivity contribution is 14.0. The van der Waals surface area contributed by atoms with Gasteiger partial charge in [0, 0.05) is 25.7 Å². The summed E-state index contributed by atoms with van der Waals surface area (Å²) in [6.07, 6.45) is 3.64. The zero-order chi connectivity index (χ0) is 19.8. The highest BCUT2D eigenvalue weighted by Crippen LogP contribution is 2.26. The number of nitrogens with zero attached hydrogens (tertiary/aromatic N) is 2. The van der Waals surface area contributed by atoms with Gasteiger partial charge in [-0.2, -0.15) is 0 Å². The first kappa shape index (κ1) is 23.0. The quantitative estimate of drug-likeness (QED) is 0.349. The molecule has 1 heterocycles. The molecule has 29 heavy (non-hydrogen) atoms. The number of methoxy groups -OCH3 is 1. The summed E-state index contributed by atoms with van der Waals surface area (Å²) < 4.78 is 5.33. The molecule has 1 aliphatic heterocycles. The van der Waals surface area contributed by atoms with Crippen LogP contribution < -0.4 is 15.4 Å². The Hall–Kier alpha value is -2.29. The summed E-state index contributed by atoms with van der Waals surface area (Å²) >= 11 is 0. The van der Waals surface area contributed by atoms with Gasteiger partial charge in [-0.25, -0.2) is 4.99 Å². The molecule has 156 valence electrons. The molecule has 1 fully saturated rings. The summed E-state index contributed by atoms with van der Waals surface area (Å²) in [4.78, 5) is 18.6. The maximum Gasteiger partial charge on any atom is 0.221 e. The van der Waals surface area contributed by atoms with E-state index in [1.54, 1.807) is 7.11 Å². The maximum atomic E-state index is 11.5. The third-order valence-electron chi connectivity index (χ3n) is 4.67. The number of para-hydroxylation sites is 1. The van der Waals surface area contributed by atoms with Crippen LogP contribution in [0.1, 0.15) is 31.7 Å². The number of likely N-dealkylation sites (tertiary alicyclic amines) is 1. The Morgan fingerprint density at radius 3 is 2.45 bits per heavy atom. The zero-order valence-electron chi connectivity index (χ0n) is 17.0. The molecule has 0 radical (unpaired) electrons. The molecular formula is C22H29IN4O2. The average molecular weight is 508 g/mol. The Morgan fingerprint density at radius 2 is 1.79 bits per heavy atom. The maximum absolute atomic E-state index is 11.5. The number of hydrogen-bond acceptors (Lipinski definition) is 3. The lowest BCUT2D eigenvalue weighted by Crippen LogP contribution is -2.40. The molecule has 2 aromatic rings. The predicted molar refractivity (Wildman–Crippen MR) is 129 cm³/mol. The number of carbonyl (C=O) groups is 1. The molecule has 1 aliphatic rings. The van der Waals surface area contributed by atoms with Crippen molar-refractivity contribution in [2.75, 3.05) is 30.8 Å². The molecule has 1 amide bonds. The van der Waals surface area contributed by atoms with Gasteiger partial charge in [0.15, 0.2) is 5.96 Å². The van der Waals surface area contributed by atoms with Crippen LogP contribution in [0.25, 0.3) is 0 Å². The van der Waals surface area contributed by atoms with Gasteiger partial charge < -0.3 is 20.3 Å². The Balaban J connectivity index is 0.00000300. The van der Waals surface area contributed by atoms with E-state index in [1.807, 2.05) is 48.5 Å². The second kappa shape index (κ2) is 11.6. The number of rotatable bonds is 5. The molecule has 2 aromatic carbocycles. The van der Waals surface area contributed by atoms with Crippen molar-refractivity contribution in [2.45, 2.75) is 32.7 Å². The molecule has 7 heteroatoms. The van der Waals surface area contributed by atoms with Crippen molar-refractivity contribution in [2.24, 2.45) is 4.99 Å². The van der Waals surface area contributed by atoms with Gasteiger partial charge in [-0.1, -0.05) is 24.3 Å². The lowest BCUT2D eigenvalue weighted by molar-refractivity contribution is -0.114. The minimum absolute atomic E-state index is 0. The van der Waals surface area contributed by atoms with E-state index in [1.165, 1.54) is 26.2 Å². The van der Waals surface area contributed by atoms with Crippen LogP contribution in [0.2, 0.25) is 0 Å². The van der Waals surface area contributed by atoms with Crippen molar-refractivity contribution in [3.63, 3.8) is 0 Å². The third kappa shape index (κ3) is 6.92. The number of halogens is 1. The van der Waals surface area contributed by atoms with Crippen LogP contribution in [0.15, 0.2) is 53.5 Å². The molecule has 0 unspecified atom stereocenters. The highest BCUT2D eigenvalue weighted by atomic mass is 127. The Labute approximate surface area is 189 Å². The van der Waals surface area contributed by atoms with Crippen molar-refractivity contribution in [3.8, 4) is 5.75 Å². The molecule has 6 nitrogen and oxygen atoms in total. The van der Waals surface area contributed by atoms with E-state index in [9.17, 15) is 4.79 Å². The number of benzene rings is 2. The number of aliphatic imine (C=N–C) groups is 1. The molecule has 0 aliphatic carbocycles. The monoisotopic (exact) mass is 508 g/mol. The lowest BCUT2D eigenvalue weighted by Gasteiger charge is -2.30. The topological polar surface area (TPSA) is 66.0 Å². The van der Waals surface area contributed by atoms with Crippen LogP contribution in [-0.4, -0.2) is 37.0 Å². The van der Waals surface area contributed by atoms with Gasteiger partial charge in [-0.15, -0.1) is 24.0 Å². The number of piperidine rings is 1. The highest BCUT2D eigenvalue weighted by Gasteiger charge is 2.15. The molecule has 0 bridgehead atoms. The Bertz CT molecular complexity index is 821. The van der Waals surface area contributed by atoms with E-state index >= 15 is 0 Å². The van der Waals surface area contributed by atoms with Gasteiger partial charge in [0.05, 0.1) is 19.3 Å². The van der Waals surface area contributed by atoms with Crippen LogP contribution in [0, 0.1) is 0 Å². The molecule has 3 rings (SSSR count). The van der Waals surface area contributed by atoms with Crippen molar-refractivity contribution < 1.29 is 9.53 Å². The van der Waals surface area contributed by atoms with Gasteiger partial charge in [0.1, 0.15) is 5.75 Å². The average Bonchev–Trinajstić information content (AvgIpc) is 2.72. The number of guanidine groups is 1. The largest absolute Gasteiger partial charge is 0.495 e. The first-order chi connectivity index (χ1) is 13.7. The number of amides is 1. The van der Waals surface area contributed by atoms with Crippen LogP contribution in [0.4, 0.5) is 11.4 Å². The predicted octanol–water partition coefficient (Wildman–Crippen LogP) is 4.73. The van der Waals surface area contributed by atoms with E-state index in [0.717, 1.165) is 30.3 Å². The van der Waals surface area contributed by atoms with E-state index < -0.39 is 0 Å². The lowest BCUT2D eigenvalue weighted by atomic mass is 10.1. The molecule has 2 N–H and O–H groups in total. The second-order valence-corrected chi connectivity index (χ2v) is 6.89. The van der Waals surface area contributed by atoms with Gasteiger partial charge in [0.25, 0.3) is 0 Å². The summed E-state index contributed by atoms with van der Waals surface area (Å²) in [5, 5.41) is 6.29. The van der Waals surface area contributed by atoms with Crippen LogP contribution >= 0.6 is 24.0 Å². The first-order valence-corrected chi connectivity index (χ1v) is 9.71. The summed E-state index contributed by atoms with van der Waals surface area (Å²) in [5.74, 6) is 1.41. The molecule has 0 atom stereocenters. The molecular weight excluding hydrogens is 479 g/mol. The zero-order valence-corrected chi connectivity index (χ0v) is 19.3. The summed E-state index contributed by atoms with van der Waals surface area (Å²) in [6.45, 7) is 4.03. The molecule has 0 saturated carbocycles. The minimum atomic E-state index is -0.126. The summed E-state index contributed by atoms with van der Waals surface area (Å²) in [6, 6.07) is 15.9. The number of carbonyl (C=O) groups excluding carboxylic acids is 1. The van der Waals surface area contributed by atoms with Crippen LogP contribution in [0.5, 0.6) is 5.75 Å². The fourth-order valence-corrected chi connectivity index (χ4v) is 3.28. The fourth-order valence-electron chi connectivity index (χ4n) is 3.28. The van der Waals surface area contributed by atoms with E-state index in [2.05, 4.69) is 15.5 Å². The molecule has 1 saturated heterocycles. The number of anilines is 2. The summed E-state index contributed by atoms with van der Waals surface area (Å²) in [5.41, 5.74) is 2.70. The SMILES string of the molecule is COc1ccc(CN=C(Nc2ccccc2)N2CCCCC2)cc1NC(C)=O.I. The van der Waals surface area contributed by atoms with E-state index in [0.29, 0.717) is 18.0 Å². The van der Waals surface area contributed by atoms with Crippen molar-refractivity contribution >= 4 is 47.2 Å². The third-order valence-corrected chi connectivity index (χ3v) is 4.67. The van der Waals surface area contributed by atoms with Gasteiger partial charge in [0.2, 0.25) is 5.91 Å². The second-order valence-electron chi connectivity index (χ2n) is 6.89. The van der Waals surface area contributed by atoms with E-state index in [4.69, 9.17) is 9.73 Å². The van der Waals surface area contributed by atoms with E-state index in [-0.39, 0.29) is 29.9 Å². The molecule has 0 aromatic heterocycles. The Kier molecular flexibility index (Phi) is 9.24. The number of hydrogen-bond donors (Lipinski definition) is 2. The fraction of sp³-hybridized carbons (Fsp3) is 0.364. The van der Waals surface area contributed by atoms with Gasteiger partial charge in [-0.05, 0) is 49.1 Å². The normalized spacial score (nSPS) is 14.0. The molecule has 0 spiro atoms. The van der Waals surface area contributed by atoms with Gasteiger partial charge in [-0.3, -0.25) is 4.79 Å². The summed E-state index contributed by atoms with van der Waals surface area (Å²) in [7, 11) is 1.59. The van der Waals surface area contributed by atoms with Crippen LogP contribution in [-0.2, 0) is 11.3 Å². The Morgan fingerprint density at radius 1 is 1.07 bits per heavy atom.